The minimum atomic E-state index is -2.81. The minimum Gasteiger partial charge on any atom is -0.463 e. The number of rotatable bonds is 7. The number of alkyl halides is 1. The molecule has 122 valence electrons. The van der Waals surface area contributed by atoms with Crippen molar-refractivity contribution in [1.82, 2.24) is 5.32 Å². The van der Waals surface area contributed by atoms with Crippen molar-refractivity contribution in [3.8, 4) is 0 Å². The first-order chi connectivity index (χ1) is 10.3. The molecule has 0 radical (unpaired) electrons. The summed E-state index contributed by atoms with van der Waals surface area (Å²) in [6.45, 7) is 2.75. The van der Waals surface area contributed by atoms with Crippen LogP contribution in [0.4, 0.5) is 13.2 Å². The fourth-order valence-electron chi connectivity index (χ4n) is 1.93. The molecular weight excluding hydrogens is 299 g/mol. The number of benzene rings is 1. The highest BCUT2D eigenvalue weighted by Crippen LogP contribution is 2.21. The SMILES string of the molecule is CCCC(F)(C(=O)NCc1cc(F)cc(F)c1)C(=O)OCC. The Morgan fingerprint density at radius 1 is 1.18 bits per heavy atom. The molecule has 0 aliphatic rings. The van der Waals surface area contributed by atoms with E-state index in [0.717, 1.165) is 12.1 Å². The number of carbonyl (C=O) groups is 2. The molecule has 0 bridgehead atoms. The lowest BCUT2D eigenvalue weighted by Gasteiger charge is -2.21. The number of hydrogen-bond donors (Lipinski definition) is 1. The number of esters is 1. The summed E-state index contributed by atoms with van der Waals surface area (Å²) in [5.41, 5.74) is -2.69. The Morgan fingerprint density at radius 3 is 2.27 bits per heavy atom. The molecule has 1 rings (SSSR count). The van der Waals surface area contributed by atoms with Crippen molar-refractivity contribution in [1.29, 1.82) is 0 Å². The zero-order valence-electron chi connectivity index (χ0n) is 12.4. The van der Waals surface area contributed by atoms with E-state index in [1.165, 1.54) is 6.92 Å². The first-order valence-corrected chi connectivity index (χ1v) is 6.92. The first-order valence-electron chi connectivity index (χ1n) is 6.92. The molecule has 1 N–H and O–H groups in total. The van der Waals surface area contributed by atoms with E-state index in [9.17, 15) is 22.8 Å². The Balaban J connectivity index is 2.81. The molecule has 0 saturated heterocycles. The van der Waals surface area contributed by atoms with E-state index in [4.69, 9.17) is 0 Å². The van der Waals surface area contributed by atoms with Gasteiger partial charge in [0.15, 0.2) is 0 Å². The van der Waals surface area contributed by atoms with Gasteiger partial charge in [-0.25, -0.2) is 18.0 Å². The van der Waals surface area contributed by atoms with Crippen molar-refractivity contribution in [2.24, 2.45) is 0 Å². The quantitative estimate of drug-likeness (QED) is 0.621. The van der Waals surface area contributed by atoms with Gasteiger partial charge in [0.25, 0.3) is 11.6 Å². The maximum Gasteiger partial charge on any atom is 0.353 e. The van der Waals surface area contributed by atoms with Crippen molar-refractivity contribution in [3.05, 3.63) is 35.4 Å². The number of halogens is 3. The normalized spacial score (nSPS) is 13.3. The average molecular weight is 317 g/mol. The van der Waals surface area contributed by atoms with Crippen molar-refractivity contribution in [2.45, 2.75) is 38.9 Å². The van der Waals surface area contributed by atoms with E-state index in [-0.39, 0.29) is 31.6 Å². The molecule has 1 aromatic carbocycles. The highest BCUT2D eigenvalue weighted by molar-refractivity contribution is 6.06. The lowest BCUT2D eigenvalue weighted by molar-refractivity contribution is -0.163. The summed E-state index contributed by atoms with van der Waals surface area (Å²) in [4.78, 5) is 23.6. The topological polar surface area (TPSA) is 55.4 Å². The van der Waals surface area contributed by atoms with Crippen LogP contribution in [0.5, 0.6) is 0 Å². The molecule has 0 saturated carbocycles. The van der Waals surface area contributed by atoms with Crippen LogP contribution in [0.25, 0.3) is 0 Å². The molecule has 0 aromatic heterocycles. The second-order valence-electron chi connectivity index (χ2n) is 4.73. The second-order valence-corrected chi connectivity index (χ2v) is 4.73. The van der Waals surface area contributed by atoms with Crippen LogP contribution in [0, 0.1) is 11.6 Å². The summed E-state index contributed by atoms with van der Waals surface area (Å²) in [6.07, 6.45) is -0.0908. The van der Waals surface area contributed by atoms with Gasteiger partial charge in [0.2, 0.25) is 0 Å². The summed E-state index contributed by atoms with van der Waals surface area (Å²) in [5, 5.41) is 2.17. The van der Waals surface area contributed by atoms with Gasteiger partial charge in [-0.05, 0) is 24.6 Å². The summed E-state index contributed by atoms with van der Waals surface area (Å²) >= 11 is 0. The molecule has 1 unspecified atom stereocenters. The van der Waals surface area contributed by atoms with E-state index in [1.54, 1.807) is 6.92 Å². The van der Waals surface area contributed by atoms with E-state index < -0.39 is 29.2 Å². The Labute approximate surface area is 126 Å². The molecule has 1 amide bonds. The number of ether oxygens (including phenoxy) is 1. The molecule has 0 spiro atoms. The van der Waals surface area contributed by atoms with Gasteiger partial charge in [-0.1, -0.05) is 13.3 Å². The molecule has 1 atom stereocenters. The Morgan fingerprint density at radius 2 is 1.77 bits per heavy atom. The van der Waals surface area contributed by atoms with Crippen LogP contribution in [0.3, 0.4) is 0 Å². The van der Waals surface area contributed by atoms with Crippen LogP contribution in [-0.4, -0.2) is 24.2 Å². The number of nitrogens with one attached hydrogen (secondary N) is 1. The van der Waals surface area contributed by atoms with Gasteiger partial charge in [-0.3, -0.25) is 4.79 Å². The maximum atomic E-state index is 14.6. The monoisotopic (exact) mass is 317 g/mol. The third kappa shape index (κ3) is 4.47. The predicted molar refractivity (Wildman–Crippen MR) is 73.6 cm³/mol. The van der Waals surface area contributed by atoms with Gasteiger partial charge in [0.1, 0.15) is 11.6 Å². The molecule has 0 aliphatic carbocycles. The molecule has 0 heterocycles. The van der Waals surface area contributed by atoms with Crippen molar-refractivity contribution in [3.63, 3.8) is 0 Å². The van der Waals surface area contributed by atoms with Crippen molar-refractivity contribution in [2.75, 3.05) is 6.61 Å². The molecule has 22 heavy (non-hydrogen) atoms. The molecule has 0 fully saturated rings. The summed E-state index contributed by atoms with van der Waals surface area (Å²) in [5.74, 6) is -4.07. The first kappa shape index (κ1) is 18.0. The fraction of sp³-hybridized carbons (Fsp3) is 0.467. The van der Waals surface area contributed by atoms with Crippen LogP contribution >= 0.6 is 0 Å². The fourth-order valence-corrected chi connectivity index (χ4v) is 1.93. The van der Waals surface area contributed by atoms with Crippen LogP contribution in [-0.2, 0) is 20.9 Å². The largest absolute Gasteiger partial charge is 0.463 e. The van der Waals surface area contributed by atoms with Crippen molar-refractivity contribution >= 4 is 11.9 Å². The Hall–Kier alpha value is -2.05. The van der Waals surface area contributed by atoms with Crippen LogP contribution in [0.15, 0.2) is 18.2 Å². The second kappa shape index (κ2) is 7.82. The van der Waals surface area contributed by atoms with E-state index in [2.05, 4.69) is 10.1 Å². The Bertz CT molecular complexity index is 531. The van der Waals surface area contributed by atoms with Crippen LogP contribution in [0.2, 0.25) is 0 Å². The Kier molecular flexibility index (Phi) is 6.39. The van der Waals surface area contributed by atoms with Crippen molar-refractivity contribution < 1.29 is 27.5 Å². The summed E-state index contributed by atoms with van der Waals surface area (Å²) < 4.78 is 45.2. The van der Waals surface area contributed by atoms with Gasteiger partial charge in [-0.15, -0.1) is 0 Å². The van der Waals surface area contributed by atoms with Crippen LogP contribution in [0.1, 0.15) is 32.3 Å². The van der Waals surface area contributed by atoms with Gasteiger partial charge in [0, 0.05) is 19.0 Å². The number of amides is 1. The third-order valence-electron chi connectivity index (χ3n) is 2.93. The van der Waals surface area contributed by atoms with E-state index >= 15 is 0 Å². The maximum absolute atomic E-state index is 14.6. The van der Waals surface area contributed by atoms with Crippen LogP contribution < -0.4 is 5.32 Å². The van der Waals surface area contributed by atoms with Gasteiger partial charge >= 0.3 is 5.97 Å². The molecule has 1 aromatic rings. The molecule has 7 heteroatoms. The van der Waals surface area contributed by atoms with Gasteiger partial charge in [-0.2, -0.15) is 0 Å². The number of carbonyl (C=O) groups excluding carboxylic acids is 2. The lowest BCUT2D eigenvalue weighted by atomic mass is 9.99. The smallest absolute Gasteiger partial charge is 0.353 e. The number of hydrogen-bond acceptors (Lipinski definition) is 3. The summed E-state index contributed by atoms with van der Waals surface area (Å²) in [6, 6.07) is 2.70. The lowest BCUT2D eigenvalue weighted by Crippen LogP contribution is -2.50. The predicted octanol–water partition coefficient (Wildman–Crippen LogP) is 2.65. The van der Waals surface area contributed by atoms with Gasteiger partial charge < -0.3 is 10.1 Å². The third-order valence-corrected chi connectivity index (χ3v) is 2.93. The minimum absolute atomic E-state index is 0.0589. The molecule has 4 nitrogen and oxygen atoms in total. The van der Waals surface area contributed by atoms with Gasteiger partial charge in [0.05, 0.1) is 6.61 Å². The molecule has 0 aliphatic heterocycles. The molecular formula is C15H18F3NO3. The zero-order valence-corrected chi connectivity index (χ0v) is 12.4. The van der Waals surface area contributed by atoms with E-state index in [1.807, 2.05) is 0 Å². The highest BCUT2D eigenvalue weighted by Gasteiger charge is 2.47. The zero-order chi connectivity index (χ0) is 16.8. The highest BCUT2D eigenvalue weighted by atomic mass is 19.1. The van der Waals surface area contributed by atoms with E-state index in [0.29, 0.717) is 6.07 Å². The average Bonchev–Trinajstić information content (AvgIpc) is 2.44. The summed E-state index contributed by atoms with van der Waals surface area (Å²) in [7, 11) is 0. The standard InChI is InChI=1S/C15H18F3NO3/c1-3-5-15(18,14(21)22-4-2)13(20)19-9-10-6-11(16)8-12(17)7-10/h6-8H,3-5,9H2,1-2H3,(H,19,20).